The predicted octanol–water partition coefficient (Wildman–Crippen LogP) is 4.70. The summed E-state index contributed by atoms with van der Waals surface area (Å²) in [5.41, 5.74) is 1.67. The standard InChI is InChI=1S/C22H25NO4/c1-2-25-18-9-6-16(7-10-18)14-21(24)23-17-8-11-19-20(15-17)27-22(26-19)12-4-3-5-13-22/h6-11,15H,2-5,12-14H2,1H3,(H,23,24). The van der Waals surface area contributed by atoms with Crippen LogP contribution in [0.4, 0.5) is 5.69 Å². The molecule has 1 heterocycles. The molecule has 0 unspecified atom stereocenters. The van der Waals surface area contributed by atoms with E-state index in [1.54, 1.807) is 0 Å². The smallest absolute Gasteiger partial charge is 0.251 e. The van der Waals surface area contributed by atoms with Crippen LogP contribution in [0.25, 0.3) is 0 Å². The molecule has 0 atom stereocenters. The molecule has 1 spiro atoms. The van der Waals surface area contributed by atoms with Gasteiger partial charge in [0.2, 0.25) is 5.91 Å². The SMILES string of the molecule is CCOc1ccc(CC(=O)Nc2ccc3c(c2)OC2(CCCCC2)O3)cc1. The Balaban J connectivity index is 1.37. The molecule has 27 heavy (non-hydrogen) atoms. The molecule has 0 aromatic heterocycles. The maximum absolute atomic E-state index is 12.4. The molecule has 1 aliphatic heterocycles. The monoisotopic (exact) mass is 367 g/mol. The Labute approximate surface area is 159 Å². The van der Waals surface area contributed by atoms with Crippen LogP contribution in [-0.4, -0.2) is 18.3 Å². The zero-order chi connectivity index (χ0) is 18.7. The Morgan fingerprint density at radius 3 is 2.52 bits per heavy atom. The average molecular weight is 367 g/mol. The summed E-state index contributed by atoms with van der Waals surface area (Å²) in [5, 5.41) is 2.95. The second-order valence-electron chi connectivity index (χ2n) is 7.14. The third-order valence-electron chi connectivity index (χ3n) is 5.03. The number of fused-ring (bicyclic) bond motifs is 1. The van der Waals surface area contributed by atoms with Crippen LogP contribution in [0.5, 0.6) is 17.2 Å². The number of rotatable bonds is 5. The van der Waals surface area contributed by atoms with Gasteiger partial charge >= 0.3 is 0 Å². The lowest BCUT2D eigenvalue weighted by molar-refractivity contribution is -0.115. The van der Waals surface area contributed by atoms with Gasteiger partial charge in [-0.1, -0.05) is 18.6 Å². The quantitative estimate of drug-likeness (QED) is 0.832. The van der Waals surface area contributed by atoms with Gasteiger partial charge in [0.1, 0.15) is 5.75 Å². The maximum atomic E-state index is 12.4. The molecular weight excluding hydrogens is 342 g/mol. The molecule has 2 aromatic carbocycles. The van der Waals surface area contributed by atoms with Gasteiger partial charge in [-0.25, -0.2) is 0 Å². The third kappa shape index (κ3) is 4.02. The van der Waals surface area contributed by atoms with E-state index in [0.29, 0.717) is 13.0 Å². The number of ether oxygens (including phenoxy) is 3. The molecule has 0 saturated heterocycles. The van der Waals surface area contributed by atoms with Gasteiger partial charge < -0.3 is 19.5 Å². The molecule has 1 fully saturated rings. The summed E-state index contributed by atoms with van der Waals surface area (Å²) >= 11 is 0. The number of nitrogens with one attached hydrogen (secondary N) is 1. The average Bonchev–Trinajstić information content (AvgIpc) is 3.00. The summed E-state index contributed by atoms with van der Waals surface area (Å²) in [7, 11) is 0. The molecule has 1 aliphatic carbocycles. The normalized spacial score (nSPS) is 16.9. The van der Waals surface area contributed by atoms with Crippen molar-refractivity contribution in [3.8, 4) is 17.2 Å². The fraction of sp³-hybridized carbons (Fsp3) is 0.409. The number of benzene rings is 2. The number of hydrogen-bond donors (Lipinski definition) is 1. The lowest BCUT2D eigenvalue weighted by atomic mass is 9.94. The second kappa shape index (κ2) is 7.51. The highest BCUT2D eigenvalue weighted by Gasteiger charge is 2.42. The fourth-order valence-corrected chi connectivity index (χ4v) is 3.73. The van der Waals surface area contributed by atoms with Gasteiger partial charge in [-0.2, -0.15) is 0 Å². The molecule has 1 N–H and O–H groups in total. The van der Waals surface area contributed by atoms with Gasteiger partial charge in [-0.15, -0.1) is 0 Å². The van der Waals surface area contributed by atoms with E-state index in [2.05, 4.69) is 5.32 Å². The highest BCUT2D eigenvalue weighted by atomic mass is 16.7. The Bertz CT molecular complexity index is 810. The molecule has 4 rings (SSSR count). The molecule has 5 heteroatoms. The molecule has 2 aliphatic rings. The fourth-order valence-electron chi connectivity index (χ4n) is 3.73. The Hall–Kier alpha value is -2.69. The molecule has 1 amide bonds. The Morgan fingerprint density at radius 1 is 1.04 bits per heavy atom. The van der Waals surface area contributed by atoms with Crippen LogP contribution in [0.3, 0.4) is 0 Å². The van der Waals surface area contributed by atoms with Crippen LogP contribution in [-0.2, 0) is 11.2 Å². The van der Waals surface area contributed by atoms with Gasteiger partial charge in [0.25, 0.3) is 5.79 Å². The first kappa shape index (κ1) is 17.7. The summed E-state index contributed by atoms with van der Waals surface area (Å²) in [5.74, 6) is 1.74. The van der Waals surface area contributed by atoms with Crippen molar-refractivity contribution in [2.24, 2.45) is 0 Å². The largest absolute Gasteiger partial charge is 0.494 e. The van der Waals surface area contributed by atoms with Crippen molar-refractivity contribution in [1.82, 2.24) is 0 Å². The highest BCUT2D eigenvalue weighted by molar-refractivity contribution is 5.92. The molecular formula is C22H25NO4. The van der Waals surface area contributed by atoms with Crippen LogP contribution in [0.15, 0.2) is 42.5 Å². The van der Waals surface area contributed by atoms with Crippen LogP contribution in [0.1, 0.15) is 44.6 Å². The van der Waals surface area contributed by atoms with Gasteiger partial charge in [0.05, 0.1) is 13.0 Å². The lowest BCUT2D eigenvalue weighted by Gasteiger charge is -2.31. The topological polar surface area (TPSA) is 56.8 Å². The van der Waals surface area contributed by atoms with E-state index < -0.39 is 5.79 Å². The van der Waals surface area contributed by atoms with Crippen LogP contribution < -0.4 is 19.5 Å². The summed E-state index contributed by atoms with van der Waals surface area (Å²) in [6.45, 7) is 2.58. The third-order valence-corrected chi connectivity index (χ3v) is 5.03. The zero-order valence-corrected chi connectivity index (χ0v) is 15.6. The van der Waals surface area contributed by atoms with Gasteiger partial charge in [0.15, 0.2) is 11.5 Å². The molecule has 2 aromatic rings. The van der Waals surface area contributed by atoms with Gasteiger partial charge in [0, 0.05) is 24.6 Å². The first-order chi connectivity index (χ1) is 13.2. The first-order valence-electron chi connectivity index (χ1n) is 9.69. The van der Waals surface area contributed by atoms with Crippen molar-refractivity contribution in [2.75, 3.05) is 11.9 Å². The summed E-state index contributed by atoms with van der Waals surface area (Å²) in [4.78, 5) is 12.4. The summed E-state index contributed by atoms with van der Waals surface area (Å²) in [6.07, 6.45) is 5.63. The summed E-state index contributed by atoms with van der Waals surface area (Å²) < 4.78 is 17.6. The van der Waals surface area contributed by atoms with Crippen molar-refractivity contribution in [2.45, 2.75) is 51.2 Å². The second-order valence-corrected chi connectivity index (χ2v) is 7.14. The van der Waals surface area contributed by atoms with Gasteiger partial charge in [-0.3, -0.25) is 4.79 Å². The first-order valence-corrected chi connectivity index (χ1v) is 9.69. The number of amides is 1. The minimum atomic E-state index is -0.495. The van der Waals surface area contributed by atoms with Gasteiger partial charge in [-0.05, 0) is 49.6 Å². The van der Waals surface area contributed by atoms with E-state index in [4.69, 9.17) is 14.2 Å². The van der Waals surface area contributed by atoms with E-state index in [-0.39, 0.29) is 5.91 Å². The molecule has 142 valence electrons. The molecule has 0 radical (unpaired) electrons. The van der Waals surface area contributed by atoms with E-state index in [9.17, 15) is 4.79 Å². The zero-order valence-electron chi connectivity index (χ0n) is 15.6. The van der Waals surface area contributed by atoms with Crippen molar-refractivity contribution in [3.05, 3.63) is 48.0 Å². The van der Waals surface area contributed by atoms with Crippen molar-refractivity contribution in [3.63, 3.8) is 0 Å². The van der Waals surface area contributed by atoms with Crippen molar-refractivity contribution >= 4 is 11.6 Å². The Kier molecular flexibility index (Phi) is 4.92. The lowest BCUT2D eigenvalue weighted by Crippen LogP contribution is -2.40. The minimum absolute atomic E-state index is 0.0644. The minimum Gasteiger partial charge on any atom is -0.494 e. The van der Waals surface area contributed by atoms with E-state index in [1.807, 2.05) is 49.4 Å². The van der Waals surface area contributed by atoms with Crippen LogP contribution >= 0.6 is 0 Å². The Morgan fingerprint density at radius 2 is 1.78 bits per heavy atom. The highest BCUT2D eigenvalue weighted by Crippen LogP contribution is 2.46. The summed E-state index contributed by atoms with van der Waals surface area (Å²) in [6, 6.07) is 13.2. The number of hydrogen-bond acceptors (Lipinski definition) is 4. The van der Waals surface area contributed by atoms with E-state index in [0.717, 1.165) is 54.2 Å². The molecule has 0 bridgehead atoms. The van der Waals surface area contributed by atoms with Crippen LogP contribution in [0, 0.1) is 0 Å². The van der Waals surface area contributed by atoms with E-state index in [1.165, 1.54) is 6.42 Å². The number of anilines is 1. The van der Waals surface area contributed by atoms with Crippen LogP contribution in [0.2, 0.25) is 0 Å². The maximum Gasteiger partial charge on any atom is 0.251 e. The molecule has 5 nitrogen and oxygen atoms in total. The predicted molar refractivity (Wildman–Crippen MR) is 103 cm³/mol. The number of carbonyl (C=O) groups is 1. The van der Waals surface area contributed by atoms with Crippen molar-refractivity contribution in [1.29, 1.82) is 0 Å². The molecule has 1 saturated carbocycles. The number of carbonyl (C=O) groups excluding carboxylic acids is 1. The van der Waals surface area contributed by atoms with E-state index >= 15 is 0 Å². The van der Waals surface area contributed by atoms with Crippen molar-refractivity contribution < 1.29 is 19.0 Å².